The molecule has 0 aromatic heterocycles. The van der Waals surface area contributed by atoms with Gasteiger partial charge in [0.25, 0.3) is 0 Å². The van der Waals surface area contributed by atoms with Crippen molar-refractivity contribution in [1.82, 2.24) is 5.32 Å². The minimum absolute atomic E-state index is 0.0874. The molecule has 4 atom stereocenters. The molecular weight excluding hydrogens is 462 g/mol. The van der Waals surface area contributed by atoms with Gasteiger partial charge in [-0.05, 0) is 57.5 Å². The van der Waals surface area contributed by atoms with Crippen LogP contribution in [0.2, 0.25) is 0 Å². The van der Waals surface area contributed by atoms with Crippen LogP contribution in [0, 0.1) is 5.41 Å². The molecule has 1 saturated heterocycles. The quantitative estimate of drug-likeness (QED) is 0.481. The van der Waals surface area contributed by atoms with Gasteiger partial charge in [0.1, 0.15) is 29.3 Å². The largest absolute Gasteiger partial charge is 0.497 e. The zero-order chi connectivity index (χ0) is 26.1. The van der Waals surface area contributed by atoms with Crippen LogP contribution in [-0.4, -0.2) is 49.2 Å². The number of nitrogens with one attached hydrogen (secondary N) is 1. The Hall–Kier alpha value is -3.65. The Bertz CT molecular complexity index is 1170. The number of hydrogen-bond donors (Lipinski definition) is 1. The Morgan fingerprint density at radius 1 is 1.06 bits per heavy atom. The summed E-state index contributed by atoms with van der Waals surface area (Å²) < 4.78 is 22.7. The third-order valence-corrected chi connectivity index (χ3v) is 6.27. The predicted octanol–water partition coefficient (Wildman–Crippen LogP) is 3.61. The van der Waals surface area contributed by atoms with Crippen LogP contribution in [0.15, 0.2) is 60.7 Å². The van der Waals surface area contributed by atoms with Crippen molar-refractivity contribution in [3.8, 4) is 5.75 Å². The molecule has 0 radical (unpaired) electrons. The van der Waals surface area contributed by atoms with Gasteiger partial charge in [-0.2, -0.15) is 0 Å². The molecule has 0 bridgehead atoms. The number of carbonyl (C=O) groups is 3. The third-order valence-electron chi connectivity index (χ3n) is 6.27. The lowest BCUT2D eigenvalue weighted by Crippen LogP contribution is -2.60. The van der Waals surface area contributed by atoms with Crippen LogP contribution in [0.3, 0.4) is 0 Å². The highest BCUT2D eigenvalue weighted by Crippen LogP contribution is 2.50. The number of fused-ring (bicyclic) bond motifs is 1. The summed E-state index contributed by atoms with van der Waals surface area (Å²) in [4.78, 5) is 41.0. The smallest absolute Gasteiger partial charge is 0.326 e. The highest BCUT2D eigenvalue weighted by Gasteiger charge is 2.71. The van der Waals surface area contributed by atoms with E-state index >= 15 is 0 Å². The molecule has 4 rings (SSSR count). The lowest BCUT2D eigenvalue weighted by atomic mass is 9.70. The van der Waals surface area contributed by atoms with Crippen molar-refractivity contribution in [2.24, 2.45) is 5.41 Å². The molecule has 8 heteroatoms. The number of benzene rings is 2. The Labute approximate surface area is 210 Å². The van der Waals surface area contributed by atoms with Crippen molar-refractivity contribution >= 4 is 23.5 Å². The molecule has 2 aromatic carbocycles. The van der Waals surface area contributed by atoms with E-state index in [0.717, 1.165) is 5.56 Å². The van der Waals surface area contributed by atoms with Gasteiger partial charge >= 0.3 is 11.9 Å². The number of allylic oxidation sites excluding steroid dienone is 1. The van der Waals surface area contributed by atoms with E-state index in [-0.39, 0.29) is 6.61 Å². The Morgan fingerprint density at radius 2 is 1.72 bits per heavy atom. The zero-order valence-corrected chi connectivity index (χ0v) is 21.1. The van der Waals surface area contributed by atoms with Crippen LogP contribution in [0.5, 0.6) is 5.75 Å². The second kappa shape index (κ2) is 9.78. The molecule has 8 nitrogen and oxygen atoms in total. The topological polar surface area (TPSA) is 100 Å². The van der Waals surface area contributed by atoms with E-state index in [1.165, 1.54) is 6.08 Å². The maximum Gasteiger partial charge on any atom is 0.326 e. The molecule has 0 saturated carbocycles. The van der Waals surface area contributed by atoms with E-state index in [4.69, 9.17) is 18.9 Å². The van der Waals surface area contributed by atoms with Gasteiger partial charge in [0.05, 0.1) is 19.8 Å². The number of hydrogen-bond acceptors (Lipinski definition) is 8. The fraction of sp³-hybridized carbons (Fsp3) is 0.393. The summed E-state index contributed by atoms with van der Waals surface area (Å²) in [6.07, 6.45) is 0.197. The molecule has 2 aliphatic rings. The minimum Gasteiger partial charge on any atom is -0.497 e. The van der Waals surface area contributed by atoms with E-state index in [1.807, 2.05) is 30.3 Å². The van der Waals surface area contributed by atoms with Crippen LogP contribution in [0.1, 0.15) is 44.9 Å². The molecule has 2 heterocycles. The van der Waals surface area contributed by atoms with Crippen molar-refractivity contribution in [3.63, 3.8) is 0 Å². The van der Waals surface area contributed by atoms with Crippen molar-refractivity contribution in [3.05, 3.63) is 71.8 Å². The molecule has 1 N–H and O–H groups in total. The number of esters is 2. The van der Waals surface area contributed by atoms with Gasteiger partial charge in [-0.25, -0.2) is 0 Å². The van der Waals surface area contributed by atoms with E-state index in [9.17, 15) is 14.4 Å². The highest BCUT2D eigenvalue weighted by atomic mass is 16.6. The van der Waals surface area contributed by atoms with Crippen LogP contribution >= 0.6 is 0 Å². The van der Waals surface area contributed by atoms with E-state index in [1.54, 1.807) is 59.1 Å². The van der Waals surface area contributed by atoms with Crippen LogP contribution in [0.4, 0.5) is 0 Å². The van der Waals surface area contributed by atoms with E-state index in [2.05, 4.69) is 5.32 Å². The summed E-state index contributed by atoms with van der Waals surface area (Å²) in [5.41, 5.74) is -1.49. The minimum atomic E-state index is -1.98. The predicted molar refractivity (Wildman–Crippen MR) is 132 cm³/mol. The molecule has 0 spiro atoms. The second-order valence-electron chi connectivity index (χ2n) is 9.75. The lowest BCUT2D eigenvalue weighted by molar-refractivity contribution is -0.181. The second-order valence-corrected chi connectivity index (χ2v) is 9.75. The standard InChI is InChI=1S/C28H31NO7/c1-6-34-25(31)23-28(26(32)36-27(2,3)4)21(30)16-20(17-12-14-19(33-5)15-13-17)35-24(28)22(29-23)18-10-8-7-9-11-18/h7-16,22-24,29H,6H2,1-5H3/t22-,23+,24-,28-/m0/s1. The van der Waals surface area contributed by atoms with Crippen LogP contribution in [-0.2, 0) is 28.6 Å². The molecule has 0 aliphatic carbocycles. The van der Waals surface area contributed by atoms with Crippen molar-refractivity contribution in [2.75, 3.05) is 13.7 Å². The monoisotopic (exact) mass is 493 g/mol. The molecule has 1 fully saturated rings. The molecule has 2 aromatic rings. The number of methoxy groups -OCH3 is 1. The first-order valence-corrected chi connectivity index (χ1v) is 11.9. The number of rotatable bonds is 6. The summed E-state index contributed by atoms with van der Waals surface area (Å²) in [6, 6.07) is 14.3. The molecule has 0 unspecified atom stereocenters. The first kappa shape index (κ1) is 25.4. The van der Waals surface area contributed by atoms with Crippen molar-refractivity contribution in [1.29, 1.82) is 0 Å². The normalized spacial score (nSPS) is 25.3. The van der Waals surface area contributed by atoms with Gasteiger partial charge in [-0.15, -0.1) is 0 Å². The first-order valence-electron chi connectivity index (χ1n) is 11.9. The Kier molecular flexibility index (Phi) is 6.91. The maximum absolute atomic E-state index is 14.0. The summed E-state index contributed by atoms with van der Waals surface area (Å²) in [7, 11) is 1.56. The first-order chi connectivity index (χ1) is 17.1. The fourth-order valence-electron chi connectivity index (χ4n) is 4.69. The summed E-state index contributed by atoms with van der Waals surface area (Å²) in [6.45, 7) is 6.88. The summed E-state index contributed by atoms with van der Waals surface area (Å²) in [5, 5.41) is 3.19. The Morgan fingerprint density at radius 3 is 2.31 bits per heavy atom. The number of carbonyl (C=O) groups excluding carboxylic acids is 3. The highest BCUT2D eigenvalue weighted by molar-refractivity contribution is 6.17. The molecule has 36 heavy (non-hydrogen) atoms. The molecule has 190 valence electrons. The van der Waals surface area contributed by atoms with Crippen LogP contribution < -0.4 is 10.1 Å². The third kappa shape index (κ3) is 4.48. The SMILES string of the molecule is CCOC(=O)[C@H]1N[C@@H](c2ccccc2)[C@@H]2OC(c3ccc(OC)cc3)=CC(=O)[C@]12C(=O)OC(C)(C)C. The summed E-state index contributed by atoms with van der Waals surface area (Å²) in [5.74, 6) is -1.19. The van der Waals surface area contributed by atoms with Gasteiger partial charge < -0.3 is 18.9 Å². The van der Waals surface area contributed by atoms with E-state index < -0.39 is 46.9 Å². The van der Waals surface area contributed by atoms with Gasteiger partial charge in [0.15, 0.2) is 11.2 Å². The maximum atomic E-state index is 14.0. The van der Waals surface area contributed by atoms with Gasteiger partial charge in [0, 0.05) is 11.6 Å². The molecule has 2 aliphatic heterocycles. The van der Waals surface area contributed by atoms with Crippen LogP contribution in [0.25, 0.3) is 5.76 Å². The van der Waals surface area contributed by atoms with Crippen molar-refractivity contribution in [2.45, 2.75) is 51.5 Å². The van der Waals surface area contributed by atoms with E-state index in [0.29, 0.717) is 17.1 Å². The zero-order valence-electron chi connectivity index (χ0n) is 21.1. The van der Waals surface area contributed by atoms with Crippen molar-refractivity contribution < 1.29 is 33.3 Å². The molecular formula is C28H31NO7. The average Bonchev–Trinajstić information content (AvgIpc) is 3.21. The number of ketones is 1. The summed E-state index contributed by atoms with van der Waals surface area (Å²) >= 11 is 0. The Balaban J connectivity index is 1.89. The van der Waals surface area contributed by atoms with Gasteiger partial charge in [-0.1, -0.05) is 30.3 Å². The fourth-order valence-corrected chi connectivity index (χ4v) is 4.69. The van der Waals surface area contributed by atoms with Gasteiger partial charge in [0.2, 0.25) is 0 Å². The van der Waals surface area contributed by atoms with Gasteiger partial charge in [-0.3, -0.25) is 19.7 Å². The lowest BCUT2D eigenvalue weighted by Gasteiger charge is -2.39. The average molecular weight is 494 g/mol. The number of ether oxygens (including phenoxy) is 4. The molecule has 0 amide bonds.